The van der Waals surface area contributed by atoms with Gasteiger partial charge in [-0.1, -0.05) is 23.2 Å². The van der Waals surface area contributed by atoms with E-state index in [1.54, 1.807) is 41.7 Å². The van der Waals surface area contributed by atoms with Gasteiger partial charge in [0.25, 0.3) is 0 Å². The number of hydrogen-bond acceptors (Lipinski definition) is 11. The average Bonchev–Trinajstić information content (AvgIpc) is 3.95. The van der Waals surface area contributed by atoms with E-state index in [1.165, 1.54) is 0 Å². The molecule has 0 aliphatic heterocycles. The number of halogens is 2. The summed E-state index contributed by atoms with van der Waals surface area (Å²) in [6, 6.07) is 3.60. The van der Waals surface area contributed by atoms with E-state index in [0.29, 0.717) is 47.8 Å². The van der Waals surface area contributed by atoms with E-state index >= 15 is 0 Å². The van der Waals surface area contributed by atoms with Crippen LogP contribution in [0.3, 0.4) is 0 Å². The minimum atomic E-state index is -0.585. The Morgan fingerprint density at radius 2 is 1.25 bits per heavy atom. The zero-order valence-electron chi connectivity index (χ0n) is 31.8. The minimum absolute atomic E-state index is 0.255. The van der Waals surface area contributed by atoms with Crippen LogP contribution in [0.15, 0.2) is 24.5 Å². The van der Waals surface area contributed by atoms with E-state index in [2.05, 4.69) is 15.3 Å². The summed E-state index contributed by atoms with van der Waals surface area (Å²) in [4.78, 5) is 46.0. The molecule has 0 unspecified atom stereocenters. The number of fused-ring (bicyclic) bond motifs is 6. The van der Waals surface area contributed by atoms with Crippen molar-refractivity contribution in [3.8, 4) is 22.5 Å². The molecule has 2 saturated carbocycles. The van der Waals surface area contributed by atoms with Crippen molar-refractivity contribution in [3.63, 3.8) is 0 Å². The first kappa shape index (κ1) is 38.7. The lowest BCUT2D eigenvalue weighted by Gasteiger charge is -2.23. The number of alkyl carbamates (subject to hydrolysis) is 1. The fourth-order valence-corrected chi connectivity index (χ4v) is 7.48. The van der Waals surface area contributed by atoms with Gasteiger partial charge in [-0.05, 0) is 109 Å². The van der Waals surface area contributed by atoms with E-state index < -0.39 is 23.2 Å². The van der Waals surface area contributed by atoms with Crippen LogP contribution in [0, 0.1) is 0 Å². The van der Waals surface area contributed by atoms with Gasteiger partial charge in [0, 0.05) is 40.2 Å². The van der Waals surface area contributed by atoms with Gasteiger partial charge >= 0.3 is 18.0 Å². The minimum Gasteiger partial charge on any atom is -0.461 e. The fraction of sp³-hybridized carbons (Fsp3) is 0.513. The SMILES string of the molecule is CCOC(=O)c1c2c(nn1CC1(N)CC1)-c1cc(Cl)ncc1CC2.CCOC(=O)c1c2c(nn1CC1(NC(=O)OC(C)(C)C)CC1)-c1cc(Cl)ncc1CC2. The standard InChI is InChI=1S/C22H27ClN4O4.C17H19ClN4O2/c1-5-30-19(28)18-14-7-6-13-11-24-16(23)10-15(13)17(14)26-27(18)12-22(8-9-22)25-20(29)31-21(2,3)4;1-2-24-16(23)15-11-4-3-10-8-20-13(18)7-12(10)14(11)21-22(15)9-17(19)5-6-17/h10-11H,5-9,12H2,1-4H3,(H,25,29);7-8H,2-6,9,19H2,1H3. The fourth-order valence-electron chi connectivity index (χ4n) is 7.16. The Balaban J connectivity index is 0.000000174. The molecule has 16 heteroatoms. The van der Waals surface area contributed by atoms with E-state index in [0.717, 1.165) is 89.7 Å². The lowest BCUT2D eigenvalue weighted by molar-refractivity contribution is 0.0481. The van der Waals surface area contributed by atoms with Gasteiger partial charge in [0.05, 0.1) is 43.2 Å². The van der Waals surface area contributed by atoms with Crippen LogP contribution in [0.5, 0.6) is 0 Å². The van der Waals surface area contributed by atoms with Crippen LogP contribution < -0.4 is 11.1 Å². The Kier molecular flexibility index (Phi) is 10.5. The third-order valence-electron chi connectivity index (χ3n) is 10.2. The highest BCUT2D eigenvalue weighted by atomic mass is 35.5. The smallest absolute Gasteiger partial charge is 0.408 e. The molecule has 4 aromatic heterocycles. The maximum Gasteiger partial charge on any atom is 0.408 e. The normalized spacial score (nSPS) is 16.6. The van der Waals surface area contributed by atoms with Crippen molar-refractivity contribution < 1.29 is 28.6 Å². The number of rotatable bonds is 9. The Morgan fingerprint density at radius 1 is 0.782 bits per heavy atom. The molecule has 1 amide bonds. The third kappa shape index (κ3) is 8.36. The molecule has 0 saturated heterocycles. The predicted octanol–water partition coefficient (Wildman–Crippen LogP) is 6.30. The average molecular weight is 794 g/mol. The van der Waals surface area contributed by atoms with Gasteiger partial charge in [-0.3, -0.25) is 9.36 Å². The summed E-state index contributed by atoms with van der Waals surface area (Å²) in [5, 5.41) is 13.3. The summed E-state index contributed by atoms with van der Waals surface area (Å²) in [5.74, 6) is -0.743. The van der Waals surface area contributed by atoms with E-state index in [1.807, 2.05) is 26.8 Å². The molecule has 14 nitrogen and oxygen atoms in total. The molecule has 0 bridgehead atoms. The van der Waals surface area contributed by atoms with Crippen molar-refractivity contribution in [2.24, 2.45) is 5.73 Å². The highest BCUT2D eigenvalue weighted by molar-refractivity contribution is 6.30. The number of nitrogens with two attached hydrogens (primary N) is 1. The second-order valence-electron chi connectivity index (χ2n) is 15.7. The Bertz CT molecular complexity index is 2170. The third-order valence-corrected chi connectivity index (χ3v) is 10.6. The number of pyridine rings is 2. The van der Waals surface area contributed by atoms with Crippen LogP contribution in [0.1, 0.15) is 104 Å². The molecule has 0 atom stereocenters. The van der Waals surface area contributed by atoms with Crippen molar-refractivity contribution in [3.05, 3.63) is 68.5 Å². The number of amides is 1. The number of carbonyl (C=O) groups is 3. The van der Waals surface area contributed by atoms with Gasteiger partial charge in [-0.2, -0.15) is 10.2 Å². The first-order valence-electron chi connectivity index (χ1n) is 18.7. The number of ether oxygens (including phenoxy) is 3. The van der Waals surface area contributed by atoms with Crippen LogP contribution in [-0.4, -0.2) is 77.5 Å². The van der Waals surface area contributed by atoms with Crippen LogP contribution >= 0.6 is 23.2 Å². The summed E-state index contributed by atoms with van der Waals surface area (Å²) >= 11 is 12.2. The highest BCUT2D eigenvalue weighted by Crippen LogP contribution is 2.41. The van der Waals surface area contributed by atoms with Crippen molar-refractivity contribution in [2.75, 3.05) is 13.2 Å². The van der Waals surface area contributed by atoms with Gasteiger partial charge in [0.15, 0.2) is 0 Å². The van der Waals surface area contributed by atoms with Crippen LogP contribution in [0.4, 0.5) is 4.79 Å². The maximum atomic E-state index is 12.9. The summed E-state index contributed by atoms with van der Waals surface area (Å²) in [6.07, 6.45) is 9.48. The molecule has 4 aromatic rings. The number of aromatic nitrogens is 6. The Hall–Kier alpha value is -4.53. The number of carbonyl (C=O) groups excluding carboxylic acids is 3. The van der Waals surface area contributed by atoms with Gasteiger partial charge < -0.3 is 25.3 Å². The Morgan fingerprint density at radius 3 is 1.67 bits per heavy atom. The Labute approximate surface area is 329 Å². The van der Waals surface area contributed by atoms with Crippen molar-refractivity contribution in [1.29, 1.82) is 0 Å². The molecular weight excluding hydrogens is 747 g/mol. The molecule has 8 rings (SSSR count). The molecule has 3 N–H and O–H groups in total. The summed E-state index contributed by atoms with van der Waals surface area (Å²) in [6.45, 7) is 10.5. The van der Waals surface area contributed by atoms with E-state index in [9.17, 15) is 14.4 Å². The molecule has 0 radical (unpaired) electrons. The van der Waals surface area contributed by atoms with Gasteiger partial charge in [0.2, 0.25) is 0 Å². The van der Waals surface area contributed by atoms with Gasteiger partial charge in [-0.15, -0.1) is 0 Å². The molecule has 292 valence electrons. The van der Waals surface area contributed by atoms with Crippen LogP contribution in [0.25, 0.3) is 22.5 Å². The zero-order valence-corrected chi connectivity index (χ0v) is 33.3. The molecule has 2 fully saturated rings. The van der Waals surface area contributed by atoms with Gasteiger partial charge in [-0.25, -0.2) is 24.4 Å². The predicted molar refractivity (Wildman–Crippen MR) is 205 cm³/mol. The second-order valence-corrected chi connectivity index (χ2v) is 16.5. The van der Waals surface area contributed by atoms with E-state index in [4.69, 9.17) is 53.3 Å². The second kappa shape index (κ2) is 14.8. The number of aryl methyl sites for hydroxylation is 2. The molecule has 0 aromatic carbocycles. The summed E-state index contributed by atoms with van der Waals surface area (Å²) < 4.78 is 19.4. The summed E-state index contributed by atoms with van der Waals surface area (Å²) in [7, 11) is 0. The zero-order chi connectivity index (χ0) is 39.3. The topological polar surface area (TPSA) is 178 Å². The van der Waals surface area contributed by atoms with Crippen LogP contribution in [-0.2, 0) is 53.0 Å². The first-order valence-corrected chi connectivity index (χ1v) is 19.5. The molecule has 4 aliphatic rings. The maximum absolute atomic E-state index is 12.9. The van der Waals surface area contributed by atoms with Crippen molar-refractivity contribution >= 4 is 41.2 Å². The lowest BCUT2D eigenvalue weighted by atomic mass is 9.90. The molecule has 4 heterocycles. The van der Waals surface area contributed by atoms with Gasteiger partial charge in [0.1, 0.15) is 27.3 Å². The quantitative estimate of drug-likeness (QED) is 0.110. The molecule has 4 aliphatic carbocycles. The molecule has 55 heavy (non-hydrogen) atoms. The molecule has 0 spiro atoms. The molecular formula is C39H46Cl2N8O6. The lowest BCUT2D eigenvalue weighted by Crippen LogP contribution is -2.43. The number of hydrogen-bond donors (Lipinski definition) is 2. The van der Waals surface area contributed by atoms with Crippen LogP contribution in [0.2, 0.25) is 10.3 Å². The largest absolute Gasteiger partial charge is 0.461 e. The van der Waals surface area contributed by atoms with E-state index in [-0.39, 0.29) is 18.1 Å². The summed E-state index contributed by atoms with van der Waals surface area (Å²) in [5.41, 5.74) is 13.2. The number of nitrogens with one attached hydrogen (secondary N) is 1. The number of esters is 2. The number of nitrogens with zero attached hydrogens (tertiary/aromatic N) is 6. The monoisotopic (exact) mass is 792 g/mol. The highest BCUT2D eigenvalue weighted by Gasteiger charge is 2.47. The van der Waals surface area contributed by atoms with Crippen molar-refractivity contribution in [2.45, 2.75) is 116 Å². The first-order chi connectivity index (χ1) is 26.1. The van der Waals surface area contributed by atoms with Crippen molar-refractivity contribution in [1.82, 2.24) is 34.8 Å².